The summed E-state index contributed by atoms with van der Waals surface area (Å²) in [6.45, 7) is 6.10. The Kier molecular flexibility index (Phi) is 4.18. The third-order valence-electron chi connectivity index (χ3n) is 3.24. The third-order valence-corrected chi connectivity index (χ3v) is 3.24. The van der Waals surface area contributed by atoms with Crippen LogP contribution in [0, 0.1) is 5.92 Å². The number of nitrogens with one attached hydrogen (secondary N) is 2. The van der Waals surface area contributed by atoms with Gasteiger partial charge in [0, 0.05) is 25.6 Å². The topological polar surface area (TPSA) is 49.8 Å². The maximum atomic E-state index is 4.50. The van der Waals surface area contributed by atoms with Crippen molar-refractivity contribution in [3.63, 3.8) is 0 Å². The summed E-state index contributed by atoms with van der Waals surface area (Å²) in [5.74, 6) is 3.63. The van der Waals surface area contributed by atoms with Gasteiger partial charge in [-0.3, -0.25) is 0 Å². The average Bonchev–Trinajstić information content (AvgIpc) is 2.27. The van der Waals surface area contributed by atoms with E-state index in [1.54, 1.807) is 0 Å². The van der Waals surface area contributed by atoms with E-state index in [-0.39, 0.29) is 0 Å². The van der Waals surface area contributed by atoms with Crippen molar-refractivity contribution in [1.82, 2.24) is 9.97 Å². The van der Waals surface area contributed by atoms with E-state index in [2.05, 4.69) is 34.4 Å². The molecule has 17 heavy (non-hydrogen) atoms. The molecule has 94 valence electrons. The lowest BCUT2D eigenvalue weighted by molar-refractivity contribution is 0.333. The highest BCUT2D eigenvalue weighted by molar-refractivity contribution is 5.47. The number of aromatic nitrogens is 2. The maximum Gasteiger partial charge on any atom is 0.132 e. The molecule has 4 heteroatoms. The Bertz CT molecular complexity index is 360. The summed E-state index contributed by atoms with van der Waals surface area (Å²) in [6.07, 6.45) is 4.98. The molecule has 1 heterocycles. The van der Waals surface area contributed by atoms with Gasteiger partial charge in [-0.1, -0.05) is 13.3 Å². The SMILES string of the molecule is CCNc1cc(NCC2CCC2)nc(CC)n1. The predicted octanol–water partition coefficient (Wildman–Crippen LogP) is 2.68. The van der Waals surface area contributed by atoms with Crippen LogP contribution in [0.4, 0.5) is 11.6 Å². The second-order valence-corrected chi connectivity index (χ2v) is 4.62. The van der Waals surface area contributed by atoms with Crippen LogP contribution in [0.2, 0.25) is 0 Å². The molecule has 1 aliphatic rings. The molecule has 0 saturated heterocycles. The van der Waals surface area contributed by atoms with Gasteiger partial charge >= 0.3 is 0 Å². The highest BCUT2D eigenvalue weighted by Crippen LogP contribution is 2.26. The molecule has 2 rings (SSSR count). The standard InChI is InChI=1S/C13H22N4/c1-3-11-16-12(14-4-2)8-13(17-11)15-9-10-6-5-7-10/h8,10H,3-7,9H2,1-2H3,(H2,14,15,16,17). The van der Waals surface area contributed by atoms with E-state index in [0.717, 1.165) is 42.9 Å². The minimum Gasteiger partial charge on any atom is -0.370 e. The monoisotopic (exact) mass is 234 g/mol. The Hall–Kier alpha value is -1.32. The van der Waals surface area contributed by atoms with Gasteiger partial charge in [-0.15, -0.1) is 0 Å². The van der Waals surface area contributed by atoms with Crippen LogP contribution in [0.5, 0.6) is 0 Å². The zero-order valence-corrected chi connectivity index (χ0v) is 10.8. The molecule has 4 nitrogen and oxygen atoms in total. The van der Waals surface area contributed by atoms with Crippen molar-refractivity contribution in [2.75, 3.05) is 23.7 Å². The Morgan fingerprint density at radius 1 is 1.18 bits per heavy atom. The first-order chi connectivity index (χ1) is 8.31. The van der Waals surface area contributed by atoms with E-state index in [1.807, 2.05) is 6.07 Å². The van der Waals surface area contributed by atoms with Crippen LogP contribution in [0.3, 0.4) is 0 Å². The van der Waals surface area contributed by atoms with E-state index in [0.29, 0.717) is 0 Å². The van der Waals surface area contributed by atoms with E-state index in [1.165, 1.54) is 19.3 Å². The zero-order valence-electron chi connectivity index (χ0n) is 10.8. The van der Waals surface area contributed by atoms with Gasteiger partial charge in [0.15, 0.2) is 0 Å². The van der Waals surface area contributed by atoms with Gasteiger partial charge < -0.3 is 10.6 Å². The van der Waals surface area contributed by atoms with Crippen LogP contribution in [-0.2, 0) is 6.42 Å². The van der Waals surface area contributed by atoms with Crippen LogP contribution in [0.1, 0.15) is 38.9 Å². The minimum absolute atomic E-state index is 0.845. The molecule has 0 aromatic carbocycles. The number of aryl methyl sites for hydroxylation is 1. The number of hydrogen-bond donors (Lipinski definition) is 2. The summed E-state index contributed by atoms with van der Waals surface area (Å²) in [5, 5.41) is 6.68. The van der Waals surface area contributed by atoms with Crippen molar-refractivity contribution in [2.45, 2.75) is 39.5 Å². The van der Waals surface area contributed by atoms with Crippen molar-refractivity contribution >= 4 is 11.6 Å². The lowest BCUT2D eigenvalue weighted by Gasteiger charge is -2.25. The first-order valence-electron chi connectivity index (χ1n) is 6.67. The number of hydrogen-bond acceptors (Lipinski definition) is 4. The van der Waals surface area contributed by atoms with Crippen molar-refractivity contribution in [1.29, 1.82) is 0 Å². The fourth-order valence-electron chi connectivity index (χ4n) is 1.96. The second kappa shape index (κ2) is 5.84. The molecule has 2 N–H and O–H groups in total. The molecule has 0 bridgehead atoms. The molecule has 1 aliphatic carbocycles. The summed E-state index contributed by atoms with van der Waals surface area (Å²) in [7, 11) is 0. The lowest BCUT2D eigenvalue weighted by atomic mass is 9.85. The predicted molar refractivity (Wildman–Crippen MR) is 71.4 cm³/mol. The number of rotatable bonds is 6. The first-order valence-corrected chi connectivity index (χ1v) is 6.67. The minimum atomic E-state index is 0.845. The molecular formula is C13H22N4. The van der Waals surface area contributed by atoms with E-state index >= 15 is 0 Å². The smallest absolute Gasteiger partial charge is 0.132 e. The van der Waals surface area contributed by atoms with Crippen LogP contribution >= 0.6 is 0 Å². The molecule has 0 radical (unpaired) electrons. The molecule has 0 unspecified atom stereocenters. The summed E-state index contributed by atoms with van der Waals surface area (Å²) in [5.41, 5.74) is 0. The molecule has 0 spiro atoms. The summed E-state index contributed by atoms with van der Waals surface area (Å²) in [4.78, 5) is 8.94. The Labute approximate surface area is 103 Å². The summed E-state index contributed by atoms with van der Waals surface area (Å²) >= 11 is 0. The van der Waals surface area contributed by atoms with Gasteiger partial charge in [0.2, 0.25) is 0 Å². The van der Waals surface area contributed by atoms with E-state index in [4.69, 9.17) is 0 Å². The van der Waals surface area contributed by atoms with E-state index < -0.39 is 0 Å². The number of anilines is 2. The van der Waals surface area contributed by atoms with Gasteiger partial charge in [0.05, 0.1) is 0 Å². The summed E-state index contributed by atoms with van der Waals surface area (Å²) < 4.78 is 0. The van der Waals surface area contributed by atoms with E-state index in [9.17, 15) is 0 Å². The van der Waals surface area contributed by atoms with Crippen molar-refractivity contribution in [2.24, 2.45) is 5.92 Å². The molecular weight excluding hydrogens is 212 g/mol. The molecule has 1 saturated carbocycles. The van der Waals surface area contributed by atoms with Crippen LogP contribution in [0.15, 0.2) is 6.07 Å². The zero-order chi connectivity index (χ0) is 12.1. The molecule has 1 aromatic heterocycles. The third kappa shape index (κ3) is 3.32. The highest BCUT2D eigenvalue weighted by atomic mass is 15.1. The maximum absolute atomic E-state index is 4.50. The molecule has 1 fully saturated rings. The van der Waals surface area contributed by atoms with Gasteiger partial charge in [-0.05, 0) is 25.7 Å². The fourth-order valence-corrected chi connectivity index (χ4v) is 1.96. The average molecular weight is 234 g/mol. The van der Waals surface area contributed by atoms with Gasteiger partial charge in [0.25, 0.3) is 0 Å². The quantitative estimate of drug-likeness (QED) is 0.794. The molecule has 0 atom stereocenters. The normalized spacial score (nSPS) is 15.4. The first kappa shape index (κ1) is 12.1. The molecule has 0 amide bonds. The van der Waals surface area contributed by atoms with Gasteiger partial charge in [-0.25, -0.2) is 9.97 Å². The summed E-state index contributed by atoms with van der Waals surface area (Å²) in [6, 6.07) is 2.00. The highest BCUT2D eigenvalue weighted by Gasteiger charge is 2.17. The Morgan fingerprint density at radius 3 is 2.41 bits per heavy atom. The van der Waals surface area contributed by atoms with Crippen LogP contribution < -0.4 is 10.6 Å². The van der Waals surface area contributed by atoms with Crippen molar-refractivity contribution in [3.05, 3.63) is 11.9 Å². The largest absolute Gasteiger partial charge is 0.370 e. The van der Waals surface area contributed by atoms with Crippen LogP contribution in [0.25, 0.3) is 0 Å². The molecule has 0 aliphatic heterocycles. The van der Waals surface area contributed by atoms with Crippen LogP contribution in [-0.4, -0.2) is 23.1 Å². The second-order valence-electron chi connectivity index (χ2n) is 4.62. The Balaban J connectivity index is 2.00. The molecule has 1 aromatic rings. The fraction of sp³-hybridized carbons (Fsp3) is 0.692. The Morgan fingerprint density at radius 2 is 1.88 bits per heavy atom. The van der Waals surface area contributed by atoms with Crippen molar-refractivity contribution < 1.29 is 0 Å². The van der Waals surface area contributed by atoms with Gasteiger partial charge in [-0.2, -0.15) is 0 Å². The van der Waals surface area contributed by atoms with Crippen molar-refractivity contribution in [3.8, 4) is 0 Å². The lowest BCUT2D eigenvalue weighted by Crippen LogP contribution is -2.21. The van der Waals surface area contributed by atoms with Gasteiger partial charge in [0.1, 0.15) is 17.5 Å². The number of nitrogens with zero attached hydrogens (tertiary/aromatic N) is 2.